The molecule has 9 heteroatoms. The number of aromatic nitrogens is 3. The number of hydrogen-bond donors (Lipinski definition) is 1. The molecule has 0 bridgehead atoms. The van der Waals surface area contributed by atoms with E-state index in [1.807, 2.05) is 24.3 Å². The molecule has 1 N–H and O–H groups in total. The molecule has 1 aromatic heterocycles. The predicted octanol–water partition coefficient (Wildman–Crippen LogP) is 0.557. The van der Waals surface area contributed by atoms with Gasteiger partial charge in [-0.25, -0.2) is 0 Å². The van der Waals surface area contributed by atoms with Crippen molar-refractivity contribution in [3.63, 3.8) is 0 Å². The van der Waals surface area contributed by atoms with Crippen molar-refractivity contribution in [3.8, 4) is 0 Å². The fraction of sp³-hybridized carbons (Fsp3) is 0.333. The van der Waals surface area contributed by atoms with Gasteiger partial charge in [0.15, 0.2) is 0 Å². The summed E-state index contributed by atoms with van der Waals surface area (Å²) in [6, 6.07) is 7.48. The third kappa shape index (κ3) is 4.87. The summed E-state index contributed by atoms with van der Waals surface area (Å²) in [7, 11) is -3.87. The standard InChI is InChI=1S/C9H11N3O3S2.Na.H/c13-17(14,15)7-3-6-16-12-10-8-4-1-2-5-9(8)11-12;;/h1-2,4-5H,3,6-7H2,(H,13,14,15);;. The Labute approximate surface area is 131 Å². The van der Waals surface area contributed by atoms with E-state index in [-0.39, 0.29) is 35.3 Å². The fourth-order valence-electron chi connectivity index (χ4n) is 1.29. The van der Waals surface area contributed by atoms with E-state index in [0.29, 0.717) is 12.2 Å². The molecule has 0 saturated carbocycles. The van der Waals surface area contributed by atoms with Gasteiger partial charge < -0.3 is 0 Å². The number of benzene rings is 1. The van der Waals surface area contributed by atoms with E-state index in [0.717, 1.165) is 11.0 Å². The molecule has 0 aliphatic rings. The first kappa shape index (κ1) is 15.9. The van der Waals surface area contributed by atoms with Gasteiger partial charge in [0.1, 0.15) is 11.0 Å². The van der Waals surface area contributed by atoms with Crippen molar-refractivity contribution < 1.29 is 13.0 Å². The van der Waals surface area contributed by atoms with Crippen LogP contribution in [-0.2, 0) is 10.1 Å². The summed E-state index contributed by atoms with van der Waals surface area (Å²) in [6.45, 7) is 0. The van der Waals surface area contributed by atoms with Crippen LogP contribution in [0.2, 0.25) is 0 Å². The van der Waals surface area contributed by atoms with Gasteiger partial charge in [0, 0.05) is 5.75 Å². The van der Waals surface area contributed by atoms with Crippen LogP contribution in [0, 0.1) is 0 Å². The maximum absolute atomic E-state index is 10.5. The van der Waals surface area contributed by atoms with Gasteiger partial charge in [-0.2, -0.15) is 8.42 Å². The molecular weight excluding hydrogens is 285 g/mol. The van der Waals surface area contributed by atoms with Crippen LogP contribution in [0.4, 0.5) is 0 Å². The monoisotopic (exact) mass is 297 g/mol. The van der Waals surface area contributed by atoms with Crippen LogP contribution in [0.25, 0.3) is 11.0 Å². The molecule has 2 aromatic rings. The van der Waals surface area contributed by atoms with Crippen molar-refractivity contribution in [2.24, 2.45) is 0 Å². The van der Waals surface area contributed by atoms with E-state index in [9.17, 15) is 8.42 Å². The van der Waals surface area contributed by atoms with Crippen molar-refractivity contribution >= 4 is 62.7 Å². The van der Waals surface area contributed by atoms with Gasteiger partial charge in [-0.1, -0.05) is 12.1 Å². The Bertz CT molecular complexity index is 581. The SMILES string of the molecule is O=S(=O)(O)CCCSn1nc2ccccc2n1.[NaH]. The summed E-state index contributed by atoms with van der Waals surface area (Å²) in [5.74, 6) is 0.293. The summed E-state index contributed by atoms with van der Waals surface area (Å²) in [5, 5.41) is 8.41. The number of fused-ring (bicyclic) bond motifs is 1. The Morgan fingerprint density at radius 2 is 1.78 bits per heavy atom. The summed E-state index contributed by atoms with van der Waals surface area (Å²) < 4.78 is 31.0. The van der Waals surface area contributed by atoms with Gasteiger partial charge in [0.25, 0.3) is 10.1 Å². The zero-order valence-corrected chi connectivity index (χ0v) is 10.5. The van der Waals surface area contributed by atoms with E-state index in [1.54, 1.807) is 0 Å². The molecule has 0 saturated heterocycles. The average molecular weight is 297 g/mol. The van der Waals surface area contributed by atoms with Gasteiger partial charge >= 0.3 is 29.6 Å². The molecule has 6 nitrogen and oxygen atoms in total. The summed E-state index contributed by atoms with van der Waals surface area (Å²) in [4.78, 5) is 0. The molecule has 0 spiro atoms. The number of nitrogens with zero attached hydrogens (tertiary/aromatic N) is 3. The molecule has 0 unspecified atom stereocenters. The molecule has 2 rings (SSSR count). The average Bonchev–Trinajstić information content (AvgIpc) is 2.65. The summed E-state index contributed by atoms with van der Waals surface area (Å²) in [6.07, 6.45) is 0.362. The molecule has 0 atom stereocenters. The van der Waals surface area contributed by atoms with Crippen LogP contribution in [-0.4, -0.2) is 68.4 Å². The first-order chi connectivity index (χ1) is 8.04. The van der Waals surface area contributed by atoms with Crippen LogP contribution in [0.1, 0.15) is 6.42 Å². The molecular formula is C9H12N3NaO3S2. The normalized spacial score (nSPS) is 11.4. The Morgan fingerprint density at radius 1 is 1.22 bits per heavy atom. The van der Waals surface area contributed by atoms with E-state index >= 15 is 0 Å². The zero-order valence-electron chi connectivity index (χ0n) is 8.85. The van der Waals surface area contributed by atoms with Crippen molar-refractivity contribution in [3.05, 3.63) is 24.3 Å². The fourth-order valence-corrected chi connectivity index (χ4v) is 2.71. The van der Waals surface area contributed by atoms with E-state index in [1.165, 1.54) is 16.1 Å². The minimum absolute atomic E-state index is 0. The van der Waals surface area contributed by atoms with E-state index in [2.05, 4.69) is 10.2 Å². The minimum atomic E-state index is -3.87. The molecule has 1 aromatic carbocycles. The first-order valence-corrected chi connectivity index (χ1v) is 7.50. The van der Waals surface area contributed by atoms with Crippen LogP contribution in [0.15, 0.2) is 24.3 Å². The quantitative estimate of drug-likeness (QED) is 0.493. The molecule has 0 radical (unpaired) electrons. The zero-order chi connectivity index (χ0) is 12.3. The molecule has 18 heavy (non-hydrogen) atoms. The van der Waals surface area contributed by atoms with Gasteiger partial charge in [-0.15, -0.1) is 14.4 Å². The van der Waals surface area contributed by atoms with Crippen LogP contribution in [0.3, 0.4) is 0 Å². The Hall–Kier alpha value is -0.120. The Kier molecular flexibility index (Phi) is 6.09. The Morgan fingerprint density at radius 3 is 2.28 bits per heavy atom. The molecule has 0 aliphatic carbocycles. The van der Waals surface area contributed by atoms with Gasteiger partial charge in [0.05, 0.1) is 5.75 Å². The molecule has 1 heterocycles. The molecule has 0 fully saturated rings. The second kappa shape index (κ2) is 6.88. The van der Waals surface area contributed by atoms with Crippen molar-refractivity contribution in [2.75, 3.05) is 11.5 Å². The number of rotatable bonds is 5. The predicted molar refractivity (Wildman–Crippen MR) is 73.6 cm³/mol. The van der Waals surface area contributed by atoms with Crippen molar-refractivity contribution in [1.29, 1.82) is 0 Å². The summed E-state index contributed by atoms with van der Waals surface area (Å²) in [5.41, 5.74) is 1.60. The van der Waals surface area contributed by atoms with E-state index in [4.69, 9.17) is 4.55 Å². The van der Waals surface area contributed by atoms with Gasteiger partial charge in [0.2, 0.25) is 0 Å². The molecule has 0 amide bonds. The summed E-state index contributed by atoms with van der Waals surface area (Å²) >= 11 is 1.31. The maximum atomic E-state index is 10.5. The van der Waals surface area contributed by atoms with E-state index < -0.39 is 10.1 Å². The molecule has 0 aliphatic heterocycles. The van der Waals surface area contributed by atoms with Crippen LogP contribution < -0.4 is 0 Å². The third-order valence-corrected chi connectivity index (χ3v) is 3.69. The second-order valence-corrected chi connectivity index (χ2v) is 5.98. The number of hydrogen-bond acceptors (Lipinski definition) is 5. The molecule has 94 valence electrons. The first-order valence-electron chi connectivity index (χ1n) is 4.95. The van der Waals surface area contributed by atoms with Crippen LogP contribution in [0.5, 0.6) is 0 Å². The third-order valence-electron chi connectivity index (χ3n) is 2.02. The van der Waals surface area contributed by atoms with Crippen LogP contribution >= 0.6 is 11.9 Å². The topological polar surface area (TPSA) is 85.1 Å². The van der Waals surface area contributed by atoms with Gasteiger partial charge in [-0.05, 0) is 30.5 Å². The second-order valence-electron chi connectivity index (χ2n) is 3.41. The Balaban J connectivity index is 0.00000162. The van der Waals surface area contributed by atoms with Gasteiger partial charge in [-0.3, -0.25) is 4.55 Å². The van der Waals surface area contributed by atoms with Crippen molar-refractivity contribution in [1.82, 2.24) is 14.4 Å². The van der Waals surface area contributed by atoms with Crippen molar-refractivity contribution in [2.45, 2.75) is 6.42 Å².